The Balaban J connectivity index is 2.16. The number of imide groups is 1. The van der Waals surface area contributed by atoms with Gasteiger partial charge in [-0.05, 0) is 24.5 Å². The van der Waals surface area contributed by atoms with Crippen LogP contribution in [0.3, 0.4) is 0 Å². The molecule has 2 N–H and O–H groups in total. The number of benzene rings is 1. The van der Waals surface area contributed by atoms with Gasteiger partial charge in [0.2, 0.25) is 5.91 Å². The van der Waals surface area contributed by atoms with E-state index in [1.165, 1.54) is 5.56 Å². The Bertz CT molecular complexity index is 690. The maximum absolute atomic E-state index is 12.7. The number of hydrogen-bond acceptors (Lipinski definition) is 3. The van der Waals surface area contributed by atoms with Crippen LogP contribution < -0.4 is 10.6 Å². The van der Waals surface area contributed by atoms with Crippen LogP contribution in [0.5, 0.6) is 0 Å². The van der Waals surface area contributed by atoms with Gasteiger partial charge in [0.15, 0.2) is 0 Å². The first-order chi connectivity index (χ1) is 11.4. The number of urea groups is 1. The van der Waals surface area contributed by atoms with Gasteiger partial charge in [0.05, 0.1) is 6.54 Å². The van der Waals surface area contributed by atoms with Crippen molar-refractivity contribution < 1.29 is 14.4 Å². The number of amides is 4. The van der Waals surface area contributed by atoms with Crippen molar-refractivity contribution in [2.24, 2.45) is 0 Å². The molecule has 0 aromatic heterocycles. The van der Waals surface area contributed by atoms with Crippen molar-refractivity contribution in [3.63, 3.8) is 0 Å². The molecule has 0 aliphatic carbocycles. The van der Waals surface area contributed by atoms with Gasteiger partial charge in [-0.1, -0.05) is 43.5 Å². The maximum Gasteiger partial charge on any atom is 0.325 e. The van der Waals surface area contributed by atoms with E-state index < -0.39 is 23.4 Å². The van der Waals surface area contributed by atoms with Gasteiger partial charge in [0.1, 0.15) is 12.1 Å². The summed E-state index contributed by atoms with van der Waals surface area (Å²) in [5, 5.41) is 5.12. The highest BCUT2D eigenvalue weighted by Gasteiger charge is 2.49. The Morgan fingerprint density at radius 3 is 2.58 bits per heavy atom. The Labute approximate surface area is 141 Å². The number of carbonyl (C=O) groups is 3. The van der Waals surface area contributed by atoms with Gasteiger partial charge in [0.25, 0.3) is 5.91 Å². The first kappa shape index (κ1) is 17.5. The normalized spacial score (nSPS) is 19.8. The second kappa shape index (κ2) is 7.18. The largest absolute Gasteiger partial charge is 0.344 e. The molecule has 2 rings (SSSR count). The lowest BCUT2D eigenvalue weighted by Gasteiger charge is -2.22. The second-order valence-corrected chi connectivity index (χ2v) is 5.87. The molecule has 1 heterocycles. The molecule has 24 heavy (non-hydrogen) atoms. The summed E-state index contributed by atoms with van der Waals surface area (Å²) in [6.45, 7) is 3.44. The molecule has 0 radical (unpaired) electrons. The summed E-state index contributed by atoms with van der Waals surface area (Å²) in [6.07, 6.45) is 7.06. The summed E-state index contributed by atoms with van der Waals surface area (Å²) in [7, 11) is 0. The van der Waals surface area contributed by atoms with E-state index in [2.05, 4.69) is 23.5 Å². The summed E-state index contributed by atoms with van der Waals surface area (Å²) in [5.74, 6) is 1.34. The number of nitrogens with zero attached hydrogens (tertiary/aromatic N) is 1. The number of nitrogens with one attached hydrogen (secondary N) is 2. The topological polar surface area (TPSA) is 78.5 Å². The fourth-order valence-electron chi connectivity index (χ4n) is 2.68. The quantitative estimate of drug-likeness (QED) is 0.608. The number of hydrogen-bond donors (Lipinski definition) is 2. The molecule has 6 heteroatoms. The lowest BCUT2D eigenvalue weighted by molar-refractivity contribution is -0.134. The summed E-state index contributed by atoms with van der Waals surface area (Å²) < 4.78 is 0. The van der Waals surface area contributed by atoms with Crippen LogP contribution in [0.1, 0.15) is 31.4 Å². The lowest BCUT2D eigenvalue weighted by Crippen LogP contribution is -2.43. The zero-order valence-electron chi connectivity index (χ0n) is 13.9. The van der Waals surface area contributed by atoms with Crippen LogP contribution in [0.2, 0.25) is 0 Å². The zero-order valence-corrected chi connectivity index (χ0v) is 13.9. The molecular weight excluding hydrogens is 306 g/mol. The van der Waals surface area contributed by atoms with Crippen LogP contribution in [-0.4, -0.2) is 35.8 Å². The molecule has 1 fully saturated rings. The second-order valence-electron chi connectivity index (χ2n) is 5.87. The lowest BCUT2D eigenvalue weighted by atomic mass is 9.91. The summed E-state index contributed by atoms with van der Waals surface area (Å²) in [4.78, 5) is 37.4. The third kappa shape index (κ3) is 3.40. The highest BCUT2D eigenvalue weighted by atomic mass is 16.2. The third-order valence-corrected chi connectivity index (χ3v) is 4.03. The number of rotatable bonds is 6. The van der Waals surface area contributed by atoms with Crippen LogP contribution in [0.4, 0.5) is 4.79 Å². The fraction of sp³-hybridized carbons (Fsp3) is 0.389. The molecule has 126 valence electrons. The summed E-state index contributed by atoms with van der Waals surface area (Å²) in [6, 6.07) is 6.99. The molecule has 1 aromatic rings. The SMILES string of the molecule is C#CCNC(=O)CN1C(=O)NC(C)(c2ccc(CCC)cc2)C1=O. The molecule has 0 bridgehead atoms. The van der Waals surface area contributed by atoms with E-state index in [0.717, 1.165) is 17.7 Å². The van der Waals surface area contributed by atoms with Gasteiger partial charge in [-0.2, -0.15) is 0 Å². The molecule has 0 spiro atoms. The Hall–Kier alpha value is -2.81. The molecule has 1 saturated heterocycles. The first-order valence-electron chi connectivity index (χ1n) is 7.86. The summed E-state index contributed by atoms with van der Waals surface area (Å²) in [5.41, 5.74) is 0.688. The molecule has 0 saturated carbocycles. The van der Waals surface area contributed by atoms with Crippen LogP contribution in [0.15, 0.2) is 24.3 Å². The maximum atomic E-state index is 12.7. The average Bonchev–Trinajstić information content (AvgIpc) is 2.78. The smallest absolute Gasteiger partial charge is 0.325 e. The van der Waals surface area contributed by atoms with Gasteiger partial charge in [-0.3, -0.25) is 14.5 Å². The van der Waals surface area contributed by atoms with Gasteiger partial charge >= 0.3 is 6.03 Å². The molecular formula is C18H21N3O3. The molecule has 1 aromatic carbocycles. The minimum Gasteiger partial charge on any atom is -0.344 e. The molecule has 4 amide bonds. The zero-order chi connectivity index (χ0) is 17.7. The average molecular weight is 327 g/mol. The van der Waals surface area contributed by atoms with E-state index >= 15 is 0 Å². The van der Waals surface area contributed by atoms with Crippen LogP contribution in [-0.2, 0) is 21.5 Å². The van der Waals surface area contributed by atoms with Crippen molar-refractivity contribution in [1.29, 1.82) is 0 Å². The Morgan fingerprint density at radius 2 is 2.00 bits per heavy atom. The van der Waals surface area contributed by atoms with Crippen LogP contribution >= 0.6 is 0 Å². The van der Waals surface area contributed by atoms with Crippen molar-refractivity contribution >= 4 is 17.8 Å². The minimum absolute atomic E-state index is 0.0542. The van der Waals surface area contributed by atoms with Crippen molar-refractivity contribution in [2.75, 3.05) is 13.1 Å². The van der Waals surface area contributed by atoms with Crippen LogP contribution in [0.25, 0.3) is 0 Å². The highest BCUT2D eigenvalue weighted by Crippen LogP contribution is 2.29. The van der Waals surface area contributed by atoms with Gasteiger partial charge in [0, 0.05) is 0 Å². The third-order valence-electron chi connectivity index (χ3n) is 4.03. The molecule has 6 nitrogen and oxygen atoms in total. The predicted molar refractivity (Wildman–Crippen MR) is 89.9 cm³/mol. The molecule has 1 aliphatic rings. The van der Waals surface area contributed by atoms with Crippen molar-refractivity contribution in [3.05, 3.63) is 35.4 Å². The van der Waals surface area contributed by atoms with E-state index in [0.29, 0.717) is 5.56 Å². The molecule has 1 unspecified atom stereocenters. The van der Waals surface area contributed by atoms with Crippen molar-refractivity contribution in [3.8, 4) is 12.3 Å². The Morgan fingerprint density at radius 1 is 1.33 bits per heavy atom. The molecule has 1 aliphatic heterocycles. The van der Waals surface area contributed by atoms with Gasteiger partial charge < -0.3 is 10.6 Å². The predicted octanol–water partition coefficient (Wildman–Crippen LogP) is 1.16. The van der Waals surface area contributed by atoms with Gasteiger partial charge in [-0.15, -0.1) is 6.42 Å². The van der Waals surface area contributed by atoms with Crippen molar-refractivity contribution in [2.45, 2.75) is 32.2 Å². The minimum atomic E-state index is -1.17. The highest BCUT2D eigenvalue weighted by molar-refractivity contribution is 6.09. The van der Waals surface area contributed by atoms with E-state index in [-0.39, 0.29) is 13.1 Å². The monoisotopic (exact) mass is 327 g/mol. The fourth-order valence-corrected chi connectivity index (χ4v) is 2.68. The van der Waals surface area contributed by atoms with E-state index in [1.54, 1.807) is 6.92 Å². The van der Waals surface area contributed by atoms with Crippen molar-refractivity contribution in [1.82, 2.24) is 15.5 Å². The van der Waals surface area contributed by atoms with Gasteiger partial charge in [-0.25, -0.2) is 4.79 Å². The number of aryl methyl sites for hydroxylation is 1. The first-order valence-corrected chi connectivity index (χ1v) is 7.86. The number of carbonyl (C=O) groups excluding carboxylic acids is 3. The van der Waals surface area contributed by atoms with E-state index in [9.17, 15) is 14.4 Å². The van der Waals surface area contributed by atoms with E-state index in [4.69, 9.17) is 6.42 Å². The standard InChI is InChI=1S/C18H21N3O3/c1-4-6-13-7-9-14(10-8-13)18(3)16(23)21(17(24)20-18)12-15(22)19-11-5-2/h2,7-10H,4,6,11-12H2,1,3H3,(H,19,22)(H,20,24). The van der Waals surface area contributed by atoms with E-state index in [1.807, 2.05) is 24.3 Å². The number of terminal acetylenes is 1. The molecule has 1 atom stereocenters. The van der Waals surface area contributed by atoms with Crippen LogP contribution in [0, 0.1) is 12.3 Å². The Kier molecular flexibility index (Phi) is 5.24. The summed E-state index contributed by atoms with van der Waals surface area (Å²) >= 11 is 0.